The van der Waals surface area contributed by atoms with E-state index in [1.54, 1.807) is 19.1 Å². The number of fused-ring (bicyclic) bond motifs is 1. The number of aliphatic hydroxyl groups is 2. The standard InChI is InChI=1S/C22H30O8/c1-5-12(2)21(26)30-20-18-13(3)22(27)29-17(18)9-15(10-23)7-6-8-16(11-24)19(20)28-14(4)25/h8-9,12,17-20,23-24H,3,5-7,10-11H2,1-2,4H3/b15-9-,16-8?/t12-,17+,18+,19-,20+/m0/s1. The minimum absolute atomic E-state index is 0.0745. The lowest BCUT2D eigenvalue weighted by molar-refractivity contribution is -0.171. The van der Waals surface area contributed by atoms with E-state index in [1.165, 1.54) is 6.92 Å². The second-order valence-corrected chi connectivity index (χ2v) is 7.62. The number of hydrogen-bond donors (Lipinski definition) is 2. The van der Waals surface area contributed by atoms with Gasteiger partial charge in [-0.15, -0.1) is 0 Å². The molecule has 0 bridgehead atoms. The summed E-state index contributed by atoms with van der Waals surface area (Å²) in [5, 5.41) is 19.6. The van der Waals surface area contributed by atoms with Gasteiger partial charge in [-0.1, -0.05) is 26.5 Å². The molecule has 0 aromatic rings. The fraction of sp³-hybridized carbons (Fsp3) is 0.591. The zero-order valence-corrected chi connectivity index (χ0v) is 17.6. The molecule has 1 heterocycles. The van der Waals surface area contributed by atoms with Gasteiger partial charge in [-0.3, -0.25) is 9.59 Å². The highest BCUT2D eigenvalue weighted by molar-refractivity contribution is 5.91. The molecule has 1 aliphatic heterocycles. The van der Waals surface area contributed by atoms with Gasteiger partial charge in [0.2, 0.25) is 0 Å². The van der Waals surface area contributed by atoms with Crippen LogP contribution < -0.4 is 0 Å². The van der Waals surface area contributed by atoms with Gasteiger partial charge in [-0.25, -0.2) is 4.79 Å². The molecule has 5 atom stereocenters. The van der Waals surface area contributed by atoms with Crippen molar-refractivity contribution in [2.45, 2.75) is 58.3 Å². The first-order valence-corrected chi connectivity index (χ1v) is 10.1. The van der Waals surface area contributed by atoms with Crippen LogP contribution in [-0.2, 0) is 28.6 Å². The van der Waals surface area contributed by atoms with Gasteiger partial charge >= 0.3 is 17.9 Å². The van der Waals surface area contributed by atoms with E-state index in [0.717, 1.165) is 0 Å². The molecular formula is C22H30O8. The highest BCUT2D eigenvalue weighted by Crippen LogP contribution is 2.37. The topological polar surface area (TPSA) is 119 Å². The molecule has 0 radical (unpaired) electrons. The molecule has 0 amide bonds. The summed E-state index contributed by atoms with van der Waals surface area (Å²) in [7, 11) is 0. The quantitative estimate of drug-likeness (QED) is 0.287. The van der Waals surface area contributed by atoms with E-state index in [4.69, 9.17) is 14.2 Å². The van der Waals surface area contributed by atoms with Crippen LogP contribution in [0.2, 0.25) is 0 Å². The zero-order chi connectivity index (χ0) is 22.4. The Morgan fingerprint density at radius 3 is 2.57 bits per heavy atom. The van der Waals surface area contributed by atoms with Crippen molar-refractivity contribution in [3.05, 3.63) is 35.5 Å². The Bertz CT molecular complexity index is 750. The molecule has 1 aliphatic carbocycles. The van der Waals surface area contributed by atoms with Crippen LogP contribution in [-0.4, -0.2) is 59.6 Å². The summed E-state index contributed by atoms with van der Waals surface area (Å²) in [5.74, 6) is -3.07. The van der Waals surface area contributed by atoms with Gasteiger partial charge in [0.25, 0.3) is 0 Å². The molecule has 0 saturated carbocycles. The number of hydrogen-bond acceptors (Lipinski definition) is 8. The fourth-order valence-electron chi connectivity index (χ4n) is 3.56. The Morgan fingerprint density at radius 2 is 2.00 bits per heavy atom. The van der Waals surface area contributed by atoms with Gasteiger partial charge in [-0.2, -0.15) is 0 Å². The Balaban J connectivity index is 2.61. The molecule has 2 N–H and O–H groups in total. The van der Waals surface area contributed by atoms with Crippen molar-refractivity contribution in [3.63, 3.8) is 0 Å². The largest absolute Gasteiger partial charge is 0.457 e. The SMILES string of the molecule is C=C1C(=O)O[C@@H]2/C=C(\CO)CCC=C(CO)[C@H](OC(C)=O)[C@H](OC(=O)[C@@H](C)CC)[C@H]12. The third-order valence-electron chi connectivity index (χ3n) is 5.50. The van der Waals surface area contributed by atoms with Crippen LogP contribution in [0.15, 0.2) is 35.5 Å². The van der Waals surface area contributed by atoms with E-state index in [2.05, 4.69) is 6.58 Å². The van der Waals surface area contributed by atoms with E-state index in [0.29, 0.717) is 30.4 Å². The summed E-state index contributed by atoms with van der Waals surface area (Å²) in [5.41, 5.74) is 1.06. The summed E-state index contributed by atoms with van der Waals surface area (Å²) >= 11 is 0. The molecule has 1 fully saturated rings. The van der Waals surface area contributed by atoms with Crippen molar-refractivity contribution >= 4 is 17.9 Å². The van der Waals surface area contributed by atoms with Crippen LogP contribution in [0, 0.1) is 11.8 Å². The zero-order valence-electron chi connectivity index (χ0n) is 17.6. The average Bonchev–Trinajstić information content (AvgIpc) is 2.99. The molecular weight excluding hydrogens is 392 g/mol. The number of carbonyl (C=O) groups is 3. The summed E-state index contributed by atoms with van der Waals surface area (Å²) in [6, 6.07) is 0. The van der Waals surface area contributed by atoms with Crippen LogP contribution in [0.4, 0.5) is 0 Å². The molecule has 166 valence electrons. The first-order valence-electron chi connectivity index (χ1n) is 10.1. The van der Waals surface area contributed by atoms with Crippen molar-refractivity contribution in [1.29, 1.82) is 0 Å². The number of rotatable bonds is 6. The molecule has 2 rings (SSSR count). The minimum Gasteiger partial charge on any atom is -0.457 e. The molecule has 8 nitrogen and oxygen atoms in total. The highest BCUT2D eigenvalue weighted by Gasteiger charge is 2.49. The second kappa shape index (κ2) is 10.5. The van der Waals surface area contributed by atoms with Crippen molar-refractivity contribution < 1.29 is 38.8 Å². The molecule has 0 aromatic carbocycles. The second-order valence-electron chi connectivity index (χ2n) is 7.62. The lowest BCUT2D eigenvalue weighted by Gasteiger charge is -2.34. The van der Waals surface area contributed by atoms with E-state index in [1.807, 2.05) is 6.92 Å². The molecule has 0 unspecified atom stereocenters. The van der Waals surface area contributed by atoms with Gasteiger partial charge in [0, 0.05) is 12.5 Å². The summed E-state index contributed by atoms with van der Waals surface area (Å²) < 4.78 is 16.7. The molecule has 0 aromatic heterocycles. The predicted octanol–water partition coefficient (Wildman–Crippen LogP) is 1.60. The van der Waals surface area contributed by atoms with Crippen LogP contribution >= 0.6 is 0 Å². The van der Waals surface area contributed by atoms with Crippen LogP contribution in [0.3, 0.4) is 0 Å². The van der Waals surface area contributed by atoms with E-state index >= 15 is 0 Å². The summed E-state index contributed by atoms with van der Waals surface area (Å²) in [4.78, 5) is 36.8. The normalized spacial score (nSPS) is 29.6. The van der Waals surface area contributed by atoms with Gasteiger partial charge in [0.05, 0.1) is 25.0 Å². The maximum Gasteiger partial charge on any atom is 0.334 e. The number of aliphatic hydroxyl groups excluding tert-OH is 2. The Hall–Kier alpha value is -2.45. The van der Waals surface area contributed by atoms with Crippen LogP contribution in [0.25, 0.3) is 0 Å². The van der Waals surface area contributed by atoms with Crippen molar-refractivity contribution in [1.82, 2.24) is 0 Å². The maximum atomic E-state index is 12.7. The van der Waals surface area contributed by atoms with Gasteiger partial charge in [-0.05, 0) is 36.5 Å². The van der Waals surface area contributed by atoms with Crippen LogP contribution in [0.5, 0.6) is 0 Å². The fourth-order valence-corrected chi connectivity index (χ4v) is 3.56. The van der Waals surface area contributed by atoms with Gasteiger partial charge in [0.1, 0.15) is 6.10 Å². The van der Waals surface area contributed by atoms with Crippen molar-refractivity contribution in [3.8, 4) is 0 Å². The Kier molecular flexibility index (Phi) is 8.37. The molecule has 2 aliphatic rings. The number of carbonyl (C=O) groups excluding carboxylic acids is 3. The summed E-state index contributed by atoms with van der Waals surface area (Å²) in [6.07, 6.45) is 1.67. The minimum atomic E-state index is -1.13. The number of ether oxygens (including phenoxy) is 3. The first kappa shape index (κ1) is 23.8. The average molecular weight is 422 g/mol. The monoisotopic (exact) mass is 422 g/mol. The van der Waals surface area contributed by atoms with E-state index < -0.39 is 54.7 Å². The molecule has 30 heavy (non-hydrogen) atoms. The Morgan fingerprint density at radius 1 is 1.30 bits per heavy atom. The smallest absolute Gasteiger partial charge is 0.334 e. The lowest BCUT2D eigenvalue weighted by atomic mass is 9.83. The third-order valence-corrected chi connectivity index (χ3v) is 5.50. The third kappa shape index (κ3) is 5.37. The highest BCUT2D eigenvalue weighted by atomic mass is 16.6. The maximum absolute atomic E-state index is 12.7. The number of esters is 3. The van der Waals surface area contributed by atoms with Gasteiger partial charge in [0.15, 0.2) is 12.2 Å². The Labute approximate surface area is 176 Å². The van der Waals surface area contributed by atoms with E-state index in [9.17, 15) is 24.6 Å². The molecule has 8 heteroatoms. The lowest BCUT2D eigenvalue weighted by Crippen LogP contribution is -2.46. The predicted molar refractivity (Wildman–Crippen MR) is 107 cm³/mol. The molecule has 1 saturated heterocycles. The van der Waals surface area contributed by atoms with Crippen molar-refractivity contribution in [2.24, 2.45) is 11.8 Å². The number of allylic oxidation sites excluding steroid dienone is 1. The van der Waals surface area contributed by atoms with Crippen molar-refractivity contribution in [2.75, 3.05) is 13.2 Å². The van der Waals surface area contributed by atoms with Gasteiger partial charge < -0.3 is 24.4 Å². The molecule has 0 spiro atoms. The summed E-state index contributed by atoms with van der Waals surface area (Å²) in [6.45, 7) is 7.89. The van der Waals surface area contributed by atoms with Crippen LogP contribution in [0.1, 0.15) is 40.0 Å². The first-order chi connectivity index (χ1) is 14.2. The van der Waals surface area contributed by atoms with E-state index in [-0.39, 0.29) is 12.2 Å².